The number of sulfonamides is 1. The molecule has 0 radical (unpaired) electrons. The number of aryl methyl sites for hydroxylation is 2. The Bertz CT molecular complexity index is 1270. The number of carboxylic acid groups (broad SMARTS) is 1. The molecule has 0 fully saturated rings. The Morgan fingerprint density at radius 1 is 1.00 bits per heavy atom. The van der Waals surface area contributed by atoms with Crippen molar-refractivity contribution in [3.05, 3.63) is 71.9 Å². The predicted molar refractivity (Wildman–Crippen MR) is 130 cm³/mol. The van der Waals surface area contributed by atoms with Crippen LogP contribution in [-0.4, -0.2) is 42.5 Å². The molecule has 1 amide bonds. The SMILES string of the molecule is Cc1ccc(S(=O)(=O)N[C@@H](CCc2ccc3ccccc3n2)C(=O)N[C@H](C(=O)O)C(C)C)cc1. The van der Waals surface area contributed by atoms with Gasteiger partial charge in [-0.15, -0.1) is 0 Å². The number of carbonyl (C=O) groups is 2. The number of fused-ring (bicyclic) bond motifs is 1. The highest BCUT2D eigenvalue weighted by molar-refractivity contribution is 7.89. The summed E-state index contributed by atoms with van der Waals surface area (Å²) in [6.45, 7) is 5.18. The van der Waals surface area contributed by atoms with Crippen molar-refractivity contribution in [1.29, 1.82) is 0 Å². The smallest absolute Gasteiger partial charge is 0.326 e. The van der Waals surface area contributed by atoms with Crippen LogP contribution >= 0.6 is 0 Å². The van der Waals surface area contributed by atoms with Crippen molar-refractivity contribution >= 4 is 32.8 Å². The lowest BCUT2D eigenvalue weighted by molar-refractivity contribution is -0.143. The maximum absolute atomic E-state index is 13.0. The van der Waals surface area contributed by atoms with Gasteiger partial charge >= 0.3 is 5.97 Å². The highest BCUT2D eigenvalue weighted by Crippen LogP contribution is 2.16. The van der Waals surface area contributed by atoms with Crippen molar-refractivity contribution in [2.24, 2.45) is 5.92 Å². The summed E-state index contributed by atoms with van der Waals surface area (Å²) in [7, 11) is -4.02. The van der Waals surface area contributed by atoms with E-state index in [1.165, 1.54) is 12.1 Å². The van der Waals surface area contributed by atoms with Crippen LogP contribution in [-0.2, 0) is 26.0 Å². The zero-order chi connectivity index (χ0) is 24.9. The van der Waals surface area contributed by atoms with Gasteiger partial charge in [0.25, 0.3) is 0 Å². The number of para-hydroxylation sites is 1. The van der Waals surface area contributed by atoms with Gasteiger partial charge in [-0.05, 0) is 49.9 Å². The summed E-state index contributed by atoms with van der Waals surface area (Å²) < 4.78 is 28.4. The van der Waals surface area contributed by atoms with Crippen LogP contribution in [0.5, 0.6) is 0 Å². The van der Waals surface area contributed by atoms with Crippen LogP contribution in [0, 0.1) is 12.8 Å². The molecule has 180 valence electrons. The van der Waals surface area contributed by atoms with Crippen molar-refractivity contribution in [3.8, 4) is 0 Å². The normalized spacial score (nSPS) is 13.5. The van der Waals surface area contributed by atoms with E-state index in [1.54, 1.807) is 26.0 Å². The molecule has 8 nitrogen and oxygen atoms in total. The Kier molecular flexibility index (Phi) is 8.01. The molecule has 2 aromatic carbocycles. The molecule has 9 heteroatoms. The molecule has 3 aromatic rings. The van der Waals surface area contributed by atoms with Gasteiger partial charge in [0.15, 0.2) is 0 Å². The van der Waals surface area contributed by atoms with Crippen LogP contribution in [0.2, 0.25) is 0 Å². The van der Waals surface area contributed by atoms with E-state index in [-0.39, 0.29) is 17.2 Å². The largest absolute Gasteiger partial charge is 0.480 e. The number of pyridine rings is 1. The molecular weight excluding hydrogens is 454 g/mol. The number of nitrogens with zero attached hydrogens (tertiary/aromatic N) is 1. The molecule has 0 aliphatic carbocycles. The number of rotatable bonds is 10. The molecule has 1 heterocycles. The minimum absolute atomic E-state index is 0.0263. The van der Waals surface area contributed by atoms with Gasteiger partial charge in [0.2, 0.25) is 15.9 Å². The van der Waals surface area contributed by atoms with E-state index in [0.717, 1.165) is 16.5 Å². The van der Waals surface area contributed by atoms with Gasteiger partial charge in [0, 0.05) is 11.1 Å². The summed E-state index contributed by atoms with van der Waals surface area (Å²) in [6, 6.07) is 15.3. The van der Waals surface area contributed by atoms with Crippen LogP contribution < -0.4 is 10.0 Å². The first kappa shape index (κ1) is 25.3. The van der Waals surface area contributed by atoms with E-state index in [9.17, 15) is 23.1 Å². The number of benzene rings is 2. The first-order valence-electron chi connectivity index (χ1n) is 11.0. The summed E-state index contributed by atoms with van der Waals surface area (Å²) >= 11 is 0. The Morgan fingerprint density at radius 3 is 2.32 bits per heavy atom. The average molecular weight is 484 g/mol. The molecule has 3 rings (SSSR count). The summed E-state index contributed by atoms with van der Waals surface area (Å²) in [5.41, 5.74) is 2.40. The van der Waals surface area contributed by atoms with Gasteiger partial charge in [-0.1, -0.05) is 55.8 Å². The van der Waals surface area contributed by atoms with E-state index in [1.807, 2.05) is 43.3 Å². The first-order valence-corrected chi connectivity index (χ1v) is 12.5. The summed E-state index contributed by atoms with van der Waals surface area (Å²) in [6.07, 6.45) is 0.422. The highest BCUT2D eigenvalue weighted by Gasteiger charge is 2.30. The fraction of sp³-hybridized carbons (Fsp3) is 0.320. The van der Waals surface area contributed by atoms with E-state index >= 15 is 0 Å². The van der Waals surface area contributed by atoms with Crippen molar-refractivity contribution < 1.29 is 23.1 Å². The second-order valence-electron chi connectivity index (χ2n) is 8.59. The van der Waals surface area contributed by atoms with Crippen LogP contribution in [0.3, 0.4) is 0 Å². The molecule has 0 saturated heterocycles. The van der Waals surface area contributed by atoms with Crippen LogP contribution in [0.25, 0.3) is 10.9 Å². The third kappa shape index (κ3) is 6.39. The number of carboxylic acids is 1. The van der Waals surface area contributed by atoms with Crippen molar-refractivity contribution in [2.75, 3.05) is 0 Å². The third-order valence-corrected chi connectivity index (χ3v) is 7.01. The zero-order valence-electron chi connectivity index (χ0n) is 19.4. The predicted octanol–water partition coefficient (Wildman–Crippen LogP) is 3.05. The Labute approximate surface area is 199 Å². The van der Waals surface area contributed by atoms with E-state index < -0.39 is 34.0 Å². The minimum Gasteiger partial charge on any atom is -0.480 e. The van der Waals surface area contributed by atoms with E-state index in [4.69, 9.17) is 0 Å². The van der Waals surface area contributed by atoms with Gasteiger partial charge in [0.05, 0.1) is 10.4 Å². The lowest BCUT2D eigenvalue weighted by Gasteiger charge is -2.23. The highest BCUT2D eigenvalue weighted by atomic mass is 32.2. The molecule has 3 N–H and O–H groups in total. The molecule has 0 saturated carbocycles. The van der Waals surface area contributed by atoms with Gasteiger partial charge < -0.3 is 10.4 Å². The van der Waals surface area contributed by atoms with Crippen LogP contribution in [0.15, 0.2) is 65.6 Å². The number of hydrogen-bond acceptors (Lipinski definition) is 5. The number of amides is 1. The van der Waals surface area contributed by atoms with E-state index in [0.29, 0.717) is 12.1 Å². The quantitative estimate of drug-likeness (QED) is 0.407. The van der Waals surface area contributed by atoms with Gasteiger partial charge in [0.1, 0.15) is 12.1 Å². The first-order chi connectivity index (χ1) is 16.1. The Morgan fingerprint density at radius 2 is 1.68 bits per heavy atom. The summed E-state index contributed by atoms with van der Waals surface area (Å²) in [5.74, 6) is -2.25. The lowest BCUT2D eigenvalue weighted by Crippen LogP contribution is -2.53. The second-order valence-corrected chi connectivity index (χ2v) is 10.3. The zero-order valence-corrected chi connectivity index (χ0v) is 20.2. The summed E-state index contributed by atoms with van der Waals surface area (Å²) in [4.78, 5) is 29.2. The van der Waals surface area contributed by atoms with E-state index in [2.05, 4.69) is 15.0 Å². The topological polar surface area (TPSA) is 125 Å². The number of aromatic nitrogens is 1. The van der Waals surface area contributed by atoms with Crippen molar-refractivity contribution in [1.82, 2.24) is 15.0 Å². The number of hydrogen-bond donors (Lipinski definition) is 3. The molecule has 0 aliphatic heterocycles. The number of nitrogens with one attached hydrogen (secondary N) is 2. The molecule has 0 aliphatic rings. The molecule has 0 spiro atoms. The average Bonchev–Trinajstić information content (AvgIpc) is 2.79. The van der Waals surface area contributed by atoms with Gasteiger partial charge in [-0.3, -0.25) is 9.78 Å². The molecule has 0 unspecified atom stereocenters. The summed E-state index contributed by atoms with van der Waals surface area (Å²) in [5, 5.41) is 12.9. The standard InChI is InChI=1S/C25H29N3O5S/c1-16(2)23(25(30)31)27-24(29)22(28-34(32,33)20-13-8-17(3)9-14-20)15-12-19-11-10-18-6-4-5-7-21(18)26-19/h4-11,13-14,16,22-23,28H,12,15H2,1-3H3,(H,27,29)(H,30,31)/t22-,23-/m0/s1. The van der Waals surface area contributed by atoms with Gasteiger partial charge in [-0.25, -0.2) is 13.2 Å². The monoisotopic (exact) mass is 483 g/mol. The molecular formula is C25H29N3O5S. The number of carbonyl (C=O) groups excluding carboxylic acids is 1. The second kappa shape index (κ2) is 10.8. The van der Waals surface area contributed by atoms with Crippen LogP contribution in [0.1, 0.15) is 31.5 Å². The maximum Gasteiger partial charge on any atom is 0.326 e. The molecule has 0 bridgehead atoms. The molecule has 1 aromatic heterocycles. The lowest BCUT2D eigenvalue weighted by atomic mass is 10.0. The van der Waals surface area contributed by atoms with Crippen LogP contribution in [0.4, 0.5) is 0 Å². The fourth-order valence-corrected chi connectivity index (χ4v) is 4.75. The van der Waals surface area contributed by atoms with Gasteiger partial charge in [-0.2, -0.15) is 4.72 Å². The third-order valence-electron chi connectivity index (χ3n) is 5.52. The Balaban J connectivity index is 1.84. The van der Waals surface area contributed by atoms with Crippen molar-refractivity contribution in [3.63, 3.8) is 0 Å². The number of aliphatic carboxylic acids is 1. The Hall–Kier alpha value is -3.30. The minimum atomic E-state index is -4.02. The van der Waals surface area contributed by atoms with Crippen molar-refractivity contribution in [2.45, 2.75) is 50.6 Å². The maximum atomic E-state index is 13.0. The molecule has 34 heavy (non-hydrogen) atoms. The fourth-order valence-electron chi connectivity index (χ4n) is 3.52. The molecule has 2 atom stereocenters.